The van der Waals surface area contributed by atoms with Gasteiger partial charge in [0.2, 0.25) is 10.0 Å². The van der Waals surface area contributed by atoms with E-state index >= 15 is 0 Å². The van der Waals surface area contributed by atoms with Gasteiger partial charge in [-0.2, -0.15) is 0 Å². The summed E-state index contributed by atoms with van der Waals surface area (Å²) in [6.45, 7) is 2.41. The molecule has 2 atom stereocenters. The molecule has 43 heavy (non-hydrogen) atoms. The Labute approximate surface area is 249 Å². The molecule has 0 unspecified atom stereocenters. The number of esters is 1. The smallest absolute Gasteiger partial charge is 0.332 e. The minimum atomic E-state index is -3.83. The Kier molecular flexibility index (Phi) is 10.7. The van der Waals surface area contributed by atoms with Gasteiger partial charge in [0, 0.05) is 36.7 Å². The van der Waals surface area contributed by atoms with Gasteiger partial charge in [-0.25, -0.2) is 17.6 Å². The Morgan fingerprint density at radius 3 is 2.47 bits per heavy atom. The van der Waals surface area contributed by atoms with Crippen molar-refractivity contribution >= 4 is 38.6 Å². The summed E-state index contributed by atoms with van der Waals surface area (Å²) in [5, 5.41) is 3.03. The molecule has 2 aromatic carbocycles. The topological polar surface area (TPSA) is 143 Å². The molecule has 2 heterocycles. The monoisotopic (exact) mass is 622 g/mol. The molecule has 12 nitrogen and oxygen atoms in total. The second kappa shape index (κ2) is 14.3. The Balaban J connectivity index is 1.57. The van der Waals surface area contributed by atoms with E-state index in [2.05, 4.69) is 5.32 Å². The van der Waals surface area contributed by atoms with Crippen LogP contribution in [-0.2, 0) is 38.5 Å². The number of carbonyl (C=O) groups is 2. The quantitative estimate of drug-likeness (QED) is 0.223. The molecule has 0 saturated carbocycles. The van der Waals surface area contributed by atoms with Crippen molar-refractivity contribution in [2.75, 3.05) is 70.9 Å². The van der Waals surface area contributed by atoms with E-state index in [0.29, 0.717) is 35.4 Å². The minimum absolute atomic E-state index is 0.142. The molecule has 234 valence electrons. The Bertz CT molecular complexity index is 1540. The zero-order chi connectivity index (χ0) is 31.1. The van der Waals surface area contributed by atoms with Crippen LogP contribution in [-0.4, -0.2) is 93.0 Å². The third kappa shape index (κ3) is 7.89. The van der Waals surface area contributed by atoms with Crippen LogP contribution < -0.4 is 9.62 Å². The second-order valence-corrected chi connectivity index (χ2v) is 11.7. The Hall–Kier alpha value is -3.56. The fourth-order valence-electron chi connectivity index (χ4n) is 4.69. The predicted octanol–water partition coefficient (Wildman–Crippen LogP) is 3.05. The minimum Gasteiger partial charge on any atom is -0.461 e. The number of ether oxygens (including phenoxy) is 5. The van der Waals surface area contributed by atoms with E-state index < -0.39 is 39.9 Å². The number of methoxy groups -OCH3 is 1. The van der Waals surface area contributed by atoms with Crippen molar-refractivity contribution in [2.45, 2.75) is 19.1 Å². The largest absolute Gasteiger partial charge is 0.461 e. The summed E-state index contributed by atoms with van der Waals surface area (Å²) in [5.74, 6) is -1.31. The van der Waals surface area contributed by atoms with Crippen molar-refractivity contribution in [1.29, 1.82) is 0 Å². The maximum absolute atomic E-state index is 13.6. The van der Waals surface area contributed by atoms with Gasteiger partial charge in [-0.3, -0.25) is 9.10 Å². The average molecular weight is 623 g/mol. The van der Waals surface area contributed by atoms with Gasteiger partial charge in [-0.05, 0) is 37.3 Å². The SMILES string of the molecule is CNC(=O)c1c(-c2ccc(F)cc2)oc2cc3c(cc12)[C@H](C)O[C@H](COC(=O)COCCOCCOC)CN3S(C)(=O)=O. The zero-order valence-corrected chi connectivity index (χ0v) is 25.2. The summed E-state index contributed by atoms with van der Waals surface area (Å²) in [5.41, 5.74) is 1.73. The number of nitrogens with one attached hydrogen (secondary N) is 1. The molecule has 0 fully saturated rings. The van der Waals surface area contributed by atoms with Gasteiger partial charge in [0.05, 0.1) is 56.6 Å². The number of fused-ring (bicyclic) bond motifs is 2. The molecule has 14 heteroatoms. The fraction of sp³-hybridized carbons (Fsp3) is 0.448. The first-order valence-corrected chi connectivity index (χ1v) is 15.4. The number of nitrogens with zero attached hydrogens (tertiary/aromatic N) is 1. The van der Waals surface area contributed by atoms with E-state index in [9.17, 15) is 22.4 Å². The van der Waals surface area contributed by atoms with Gasteiger partial charge in [-0.15, -0.1) is 0 Å². The number of carbonyl (C=O) groups excluding carboxylic acids is 2. The number of anilines is 1. The molecule has 0 spiro atoms. The fourth-order valence-corrected chi connectivity index (χ4v) is 5.64. The molecular formula is C29H35FN2O10S. The molecule has 3 aromatic rings. The third-order valence-corrected chi connectivity index (χ3v) is 7.87. The summed E-state index contributed by atoms with van der Waals surface area (Å²) in [4.78, 5) is 25.2. The van der Waals surface area contributed by atoms with Crippen LogP contribution in [0, 0.1) is 5.82 Å². The third-order valence-electron chi connectivity index (χ3n) is 6.72. The summed E-state index contributed by atoms with van der Waals surface area (Å²) in [7, 11) is -0.790. The lowest BCUT2D eigenvalue weighted by Crippen LogP contribution is -2.39. The van der Waals surface area contributed by atoms with Crippen LogP contribution in [0.5, 0.6) is 0 Å². The zero-order valence-electron chi connectivity index (χ0n) is 24.4. The number of furan rings is 1. The lowest BCUT2D eigenvalue weighted by molar-refractivity contribution is -0.154. The van der Waals surface area contributed by atoms with Crippen molar-refractivity contribution in [1.82, 2.24) is 5.32 Å². The standard InChI is InChI=1S/C29H35FN2O10S/c1-18-22-13-23-25(42-28(27(23)29(34)31-2)19-5-7-20(30)8-6-19)14-24(22)32(43(4,35)36)15-21(41-18)16-40-26(33)17-39-12-11-38-10-9-37-3/h5-8,13-14,18,21H,9-12,15-17H2,1-4H3,(H,31,34)/t18-,21-/m0/s1. The maximum Gasteiger partial charge on any atom is 0.332 e. The van der Waals surface area contributed by atoms with Crippen molar-refractivity contribution in [3.05, 3.63) is 53.3 Å². The van der Waals surface area contributed by atoms with Crippen molar-refractivity contribution in [2.24, 2.45) is 0 Å². The number of benzene rings is 2. The second-order valence-electron chi connectivity index (χ2n) is 9.83. The molecule has 1 aliphatic rings. The molecule has 0 bridgehead atoms. The number of sulfonamides is 1. The van der Waals surface area contributed by atoms with E-state index in [1.165, 1.54) is 31.3 Å². The van der Waals surface area contributed by atoms with Crippen LogP contribution >= 0.6 is 0 Å². The summed E-state index contributed by atoms with van der Waals surface area (Å²) in [6, 6.07) is 8.70. The van der Waals surface area contributed by atoms with Crippen molar-refractivity contribution < 1.29 is 50.5 Å². The van der Waals surface area contributed by atoms with Crippen molar-refractivity contribution in [3.8, 4) is 11.3 Å². The number of halogens is 1. The summed E-state index contributed by atoms with van der Waals surface area (Å²) in [6.07, 6.45) is -0.403. The number of hydrogen-bond acceptors (Lipinski definition) is 10. The van der Waals surface area contributed by atoms with Crippen LogP contribution in [0.15, 0.2) is 40.8 Å². The van der Waals surface area contributed by atoms with Gasteiger partial charge in [0.1, 0.15) is 36.5 Å². The van der Waals surface area contributed by atoms with E-state index in [-0.39, 0.29) is 49.9 Å². The molecule has 1 N–H and O–H groups in total. The van der Waals surface area contributed by atoms with Crippen LogP contribution in [0.4, 0.5) is 10.1 Å². The number of rotatable bonds is 13. The highest BCUT2D eigenvalue weighted by molar-refractivity contribution is 7.92. The number of amides is 1. The highest BCUT2D eigenvalue weighted by Gasteiger charge is 2.34. The first-order chi connectivity index (χ1) is 20.5. The maximum atomic E-state index is 13.6. The average Bonchev–Trinajstić information content (AvgIpc) is 3.28. The normalized spacial score (nSPS) is 17.0. The van der Waals surface area contributed by atoms with Crippen LogP contribution in [0.25, 0.3) is 22.3 Å². The Morgan fingerprint density at radius 1 is 1.09 bits per heavy atom. The van der Waals surface area contributed by atoms with Gasteiger partial charge in [0.15, 0.2) is 0 Å². The highest BCUT2D eigenvalue weighted by Crippen LogP contribution is 2.42. The molecule has 0 radical (unpaired) electrons. The van der Waals surface area contributed by atoms with Gasteiger partial charge in [0.25, 0.3) is 5.91 Å². The molecular weight excluding hydrogens is 587 g/mol. The molecule has 1 amide bonds. The lowest BCUT2D eigenvalue weighted by atomic mass is 10.0. The van der Waals surface area contributed by atoms with Gasteiger partial charge >= 0.3 is 5.97 Å². The van der Waals surface area contributed by atoms with E-state index in [1.807, 2.05) is 0 Å². The highest BCUT2D eigenvalue weighted by atomic mass is 32.2. The van der Waals surface area contributed by atoms with E-state index in [4.69, 9.17) is 28.1 Å². The van der Waals surface area contributed by atoms with Crippen LogP contribution in [0.3, 0.4) is 0 Å². The predicted molar refractivity (Wildman–Crippen MR) is 155 cm³/mol. The number of hydrogen-bond donors (Lipinski definition) is 1. The molecule has 1 aromatic heterocycles. The van der Waals surface area contributed by atoms with Crippen molar-refractivity contribution in [3.63, 3.8) is 0 Å². The summed E-state index contributed by atoms with van der Waals surface area (Å²) >= 11 is 0. The van der Waals surface area contributed by atoms with E-state index in [0.717, 1.165) is 10.6 Å². The van der Waals surface area contributed by atoms with Crippen LogP contribution in [0.2, 0.25) is 0 Å². The Morgan fingerprint density at radius 2 is 1.79 bits per heavy atom. The van der Waals surface area contributed by atoms with Gasteiger partial charge < -0.3 is 33.4 Å². The molecule has 1 aliphatic heterocycles. The molecule has 4 rings (SSSR count). The lowest BCUT2D eigenvalue weighted by Gasteiger charge is -2.24. The van der Waals surface area contributed by atoms with Crippen LogP contribution in [0.1, 0.15) is 28.9 Å². The summed E-state index contributed by atoms with van der Waals surface area (Å²) < 4.78 is 73.7. The molecule has 0 aliphatic carbocycles. The molecule has 0 saturated heterocycles. The van der Waals surface area contributed by atoms with E-state index in [1.54, 1.807) is 26.2 Å². The first-order valence-electron chi connectivity index (χ1n) is 13.5. The first kappa shape index (κ1) is 32.4. The van der Waals surface area contributed by atoms with Gasteiger partial charge in [-0.1, -0.05) is 0 Å².